The van der Waals surface area contributed by atoms with Crippen LogP contribution in [0.2, 0.25) is 0 Å². The number of esters is 1. The summed E-state index contributed by atoms with van der Waals surface area (Å²) in [6.07, 6.45) is -0.837. The molecule has 0 bridgehead atoms. The average molecular weight is 186 g/mol. The Balaban J connectivity index is 2.44. The Morgan fingerprint density at radius 2 is 2.46 bits per heavy atom. The Kier molecular flexibility index (Phi) is 3.16. The number of ketones is 1. The smallest absolute Gasteiger partial charge is 0.336 e. The number of aliphatic hydroxyl groups excluding tert-OH is 1. The molecule has 0 aromatic heterocycles. The molecule has 1 atom stereocenters. The molecule has 0 amide bonds. The lowest BCUT2D eigenvalue weighted by molar-refractivity contribution is -0.149. The topological polar surface area (TPSA) is 72.8 Å². The van der Waals surface area contributed by atoms with Gasteiger partial charge < -0.3 is 14.6 Å². The molecule has 1 aliphatic rings. The molecule has 13 heavy (non-hydrogen) atoms. The zero-order valence-electron chi connectivity index (χ0n) is 6.99. The molecule has 72 valence electrons. The first-order valence-electron chi connectivity index (χ1n) is 3.75. The fraction of sp³-hybridized carbons (Fsp3) is 0.500. The molecule has 1 aliphatic heterocycles. The maximum atomic E-state index is 11.0. The molecule has 5 nitrogen and oxygen atoms in total. The van der Waals surface area contributed by atoms with Gasteiger partial charge in [-0.2, -0.15) is 0 Å². The van der Waals surface area contributed by atoms with Crippen LogP contribution in [0.1, 0.15) is 0 Å². The van der Waals surface area contributed by atoms with Crippen LogP contribution in [0.5, 0.6) is 0 Å². The molecule has 0 saturated carbocycles. The van der Waals surface area contributed by atoms with Crippen molar-refractivity contribution in [3.63, 3.8) is 0 Å². The van der Waals surface area contributed by atoms with E-state index < -0.39 is 18.7 Å². The summed E-state index contributed by atoms with van der Waals surface area (Å²) in [6, 6.07) is 0. The van der Waals surface area contributed by atoms with E-state index in [-0.39, 0.29) is 24.6 Å². The number of carbonyl (C=O) groups excluding carboxylic acids is 2. The summed E-state index contributed by atoms with van der Waals surface area (Å²) in [5.41, 5.74) is -0.0697. The van der Waals surface area contributed by atoms with E-state index in [1.165, 1.54) is 0 Å². The second-order valence-corrected chi connectivity index (χ2v) is 2.64. The fourth-order valence-corrected chi connectivity index (χ4v) is 0.829. The van der Waals surface area contributed by atoms with Crippen molar-refractivity contribution in [2.75, 3.05) is 19.8 Å². The van der Waals surface area contributed by atoms with E-state index in [1.807, 2.05) is 0 Å². The monoisotopic (exact) mass is 186 g/mol. The summed E-state index contributed by atoms with van der Waals surface area (Å²) in [6.45, 7) is 2.85. The molecule has 1 fully saturated rings. The van der Waals surface area contributed by atoms with Crippen molar-refractivity contribution in [2.45, 2.75) is 6.10 Å². The molecule has 0 aromatic rings. The molecule has 1 N–H and O–H groups in total. The van der Waals surface area contributed by atoms with Crippen molar-refractivity contribution >= 4 is 11.8 Å². The molecule has 5 heteroatoms. The van der Waals surface area contributed by atoms with Crippen LogP contribution in [0, 0.1) is 0 Å². The third-order valence-electron chi connectivity index (χ3n) is 1.60. The highest BCUT2D eigenvalue weighted by Gasteiger charge is 2.29. The quantitative estimate of drug-likeness (QED) is 0.454. The minimum absolute atomic E-state index is 0.0243. The lowest BCUT2D eigenvalue weighted by atomic mass is 10.3. The third-order valence-corrected chi connectivity index (χ3v) is 1.60. The van der Waals surface area contributed by atoms with Crippen molar-refractivity contribution in [3.8, 4) is 0 Å². The number of hydrogen-bond acceptors (Lipinski definition) is 5. The first kappa shape index (κ1) is 9.88. The molecule has 0 aromatic carbocycles. The van der Waals surface area contributed by atoms with E-state index in [1.54, 1.807) is 0 Å². The Labute approximate surface area is 74.9 Å². The molecule has 0 spiro atoms. The highest BCUT2D eigenvalue weighted by Crippen LogP contribution is 2.06. The molecule has 0 radical (unpaired) electrons. The van der Waals surface area contributed by atoms with Gasteiger partial charge in [0.2, 0.25) is 5.78 Å². The third kappa shape index (κ3) is 2.37. The predicted molar refractivity (Wildman–Crippen MR) is 41.9 cm³/mol. The normalized spacial score (nSPS) is 21.6. The van der Waals surface area contributed by atoms with Gasteiger partial charge in [0, 0.05) is 0 Å². The van der Waals surface area contributed by atoms with E-state index in [0.29, 0.717) is 0 Å². The highest BCUT2D eigenvalue weighted by atomic mass is 16.6. The lowest BCUT2D eigenvalue weighted by Crippen LogP contribution is -2.26. The summed E-state index contributed by atoms with van der Waals surface area (Å²) < 4.78 is 9.47. The van der Waals surface area contributed by atoms with Crippen molar-refractivity contribution < 1.29 is 24.2 Å². The van der Waals surface area contributed by atoms with Gasteiger partial charge in [-0.3, -0.25) is 4.79 Å². The molecule has 1 rings (SSSR count). The summed E-state index contributed by atoms with van der Waals surface area (Å²) in [4.78, 5) is 21.9. The number of carbonyl (C=O) groups is 2. The van der Waals surface area contributed by atoms with Gasteiger partial charge in [0.1, 0.15) is 6.61 Å². The van der Waals surface area contributed by atoms with Crippen LogP contribution in [-0.4, -0.2) is 42.8 Å². The highest BCUT2D eigenvalue weighted by molar-refractivity contribution is 5.92. The van der Waals surface area contributed by atoms with Crippen LogP contribution in [0.4, 0.5) is 0 Å². The van der Waals surface area contributed by atoms with E-state index in [9.17, 15) is 9.59 Å². The number of aliphatic hydroxyl groups is 1. The fourth-order valence-electron chi connectivity index (χ4n) is 0.829. The molecule has 1 heterocycles. The van der Waals surface area contributed by atoms with Crippen molar-refractivity contribution in [1.82, 2.24) is 0 Å². The van der Waals surface area contributed by atoms with Crippen LogP contribution in [0.25, 0.3) is 0 Å². The Hall–Kier alpha value is -1.20. The molecule has 1 saturated heterocycles. The maximum Gasteiger partial charge on any atom is 0.336 e. The Morgan fingerprint density at radius 3 is 2.92 bits per heavy atom. The summed E-state index contributed by atoms with van der Waals surface area (Å²) in [7, 11) is 0. The number of ether oxygens (including phenoxy) is 2. The van der Waals surface area contributed by atoms with E-state index in [0.717, 1.165) is 0 Å². The number of Topliss-reactive ketones (excluding diaryl/α,β-unsaturated/α-hetero) is 1. The van der Waals surface area contributed by atoms with Gasteiger partial charge in [0.25, 0.3) is 0 Å². The van der Waals surface area contributed by atoms with Gasteiger partial charge in [-0.05, 0) is 0 Å². The van der Waals surface area contributed by atoms with Crippen molar-refractivity contribution in [1.29, 1.82) is 0 Å². The van der Waals surface area contributed by atoms with E-state index in [4.69, 9.17) is 14.6 Å². The minimum atomic E-state index is -0.837. The van der Waals surface area contributed by atoms with Gasteiger partial charge in [0.15, 0.2) is 6.10 Å². The average Bonchev–Trinajstić information content (AvgIpc) is 2.50. The molecular weight excluding hydrogens is 176 g/mol. The Bertz CT molecular complexity index is 245. The molecule has 0 aliphatic carbocycles. The SMILES string of the molecule is C=C(CO)C(=O)OC1COCC1=O. The largest absolute Gasteiger partial charge is 0.448 e. The van der Waals surface area contributed by atoms with Crippen LogP contribution >= 0.6 is 0 Å². The summed E-state index contributed by atoms with van der Waals surface area (Å²) in [5, 5.41) is 8.53. The van der Waals surface area contributed by atoms with E-state index in [2.05, 4.69) is 6.58 Å². The predicted octanol–water partition coefficient (Wildman–Crippen LogP) is -0.954. The Morgan fingerprint density at radius 1 is 1.77 bits per heavy atom. The van der Waals surface area contributed by atoms with Crippen LogP contribution < -0.4 is 0 Å². The van der Waals surface area contributed by atoms with Gasteiger partial charge in [-0.15, -0.1) is 0 Å². The van der Waals surface area contributed by atoms with Gasteiger partial charge in [-0.1, -0.05) is 6.58 Å². The second-order valence-electron chi connectivity index (χ2n) is 2.64. The van der Waals surface area contributed by atoms with E-state index >= 15 is 0 Å². The van der Waals surface area contributed by atoms with Crippen molar-refractivity contribution in [3.05, 3.63) is 12.2 Å². The van der Waals surface area contributed by atoms with Crippen LogP contribution in [0.15, 0.2) is 12.2 Å². The molecular formula is C8H10O5. The van der Waals surface area contributed by atoms with Gasteiger partial charge >= 0.3 is 5.97 Å². The lowest BCUT2D eigenvalue weighted by Gasteiger charge is -2.08. The minimum Gasteiger partial charge on any atom is -0.448 e. The zero-order valence-corrected chi connectivity index (χ0v) is 6.99. The van der Waals surface area contributed by atoms with Crippen LogP contribution in [-0.2, 0) is 19.1 Å². The van der Waals surface area contributed by atoms with Gasteiger partial charge in [-0.25, -0.2) is 4.79 Å². The summed E-state index contributed by atoms with van der Waals surface area (Å²) >= 11 is 0. The van der Waals surface area contributed by atoms with Crippen LogP contribution in [0.3, 0.4) is 0 Å². The zero-order chi connectivity index (χ0) is 9.84. The standard InChI is InChI=1S/C8H10O5/c1-5(2-9)8(11)13-7-4-12-3-6(7)10/h7,9H,1-4H2. The maximum absolute atomic E-state index is 11.0. The number of rotatable bonds is 3. The number of hydrogen-bond donors (Lipinski definition) is 1. The van der Waals surface area contributed by atoms with Crippen molar-refractivity contribution in [2.24, 2.45) is 0 Å². The first-order valence-corrected chi connectivity index (χ1v) is 3.75. The van der Waals surface area contributed by atoms with Gasteiger partial charge in [0.05, 0.1) is 18.8 Å². The molecule has 1 unspecified atom stereocenters. The second kappa shape index (κ2) is 4.15. The summed E-state index contributed by atoms with van der Waals surface area (Å²) in [5.74, 6) is -1.02. The first-order chi connectivity index (χ1) is 6.15.